The van der Waals surface area contributed by atoms with Crippen LogP contribution in [-0.4, -0.2) is 45.7 Å². The summed E-state index contributed by atoms with van der Waals surface area (Å²) in [5.74, 6) is 1.50. The maximum atomic E-state index is 6.01. The average Bonchev–Trinajstić information content (AvgIpc) is 2.51. The van der Waals surface area contributed by atoms with Gasteiger partial charge in [0, 0.05) is 19.6 Å². The third-order valence-corrected chi connectivity index (χ3v) is 3.81. The molecule has 0 radical (unpaired) electrons. The molecule has 5 heteroatoms. The van der Waals surface area contributed by atoms with Crippen LogP contribution in [-0.2, 0) is 15.9 Å². The van der Waals surface area contributed by atoms with Crippen LogP contribution in [0.5, 0.6) is 11.5 Å². The molecule has 1 fully saturated rings. The first kappa shape index (κ1) is 16.1. The van der Waals surface area contributed by atoms with Crippen molar-refractivity contribution in [2.75, 3.05) is 27.4 Å². The summed E-state index contributed by atoms with van der Waals surface area (Å²) < 4.78 is 22.1. The Kier molecular flexibility index (Phi) is 5.85. The van der Waals surface area contributed by atoms with Gasteiger partial charge in [-0.3, -0.25) is 0 Å². The summed E-state index contributed by atoms with van der Waals surface area (Å²) in [7, 11) is 3.30. The Balaban J connectivity index is 1.97. The minimum Gasteiger partial charge on any atom is -0.493 e. The standard InChI is InChI=1S/C16H25NO4/c1-4-11-5-6-13(14(9-11)19-3)21-15-10-12(17)16(15)20-8-7-18-2/h5-6,9,12,15-16H,4,7-8,10,17H2,1-3H3. The van der Waals surface area contributed by atoms with Crippen molar-refractivity contribution >= 4 is 0 Å². The Morgan fingerprint density at radius 1 is 1.19 bits per heavy atom. The van der Waals surface area contributed by atoms with Crippen molar-refractivity contribution in [3.63, 3.8) is 0 Å². The SMILES string of the molecule is CCc1ccc(OC2CC(N)C2OCCOC)c(OC)c1. The molecular weight excluding hydrogens is 270 g/mol. The monoisotopic (exact) mass is 295 g/mol. The topological polar surface area (TPSA) is 62.9 Å². The molecule has 0 saturated heterocycles. The number of hydrogen-bond acceptors (Lipinski definition) is 5. The highest BCUT2D eigenvalue weighted by atomic mass is 16.6. The van der Waals surface area contributed by atoms with E-state index in [1.807, 2.05) is 12.1 Å². The zero-order chi connectivity index (χ0) is 15.2. The van der Waals surface area contributed by atoms with Crippen LogP contribution < -0.4 is 15.2 Å². The van der Waals surface area contributed by atoms with Crippen LogP contribution in [0, 0.1) is 0 Å². The van der Waals surface area contributed by atoms with Crippen molar-refractivity contribution in [1.82, 2.24) is 0 Å². The van der Waals surface area contributed by atoms with Gasteiger partial charge in [-0.15, -0.1) is 0 Å². The zero-order valence-electron chi connectivity index (χ0n) is 13.0. The first-order valence-corrected chi connectivity index (χ1v) is 7.39. The van der Waals surface area contributed by atoms with E-state index < -0.39 is 0 Å². The van der Waals surface area contributed by atoms with Crippen LogP contribution in [0.2, 0.25) is 0 Å². The molecule has 0 bridgehead atoms. The van der Waals surface area contributed by atoms with Gasteiger partial charge in [-0.25, -0.2) is 0 Å². The maximum Gasteiger partial charge on any atom is 0.161 e. The Labute approximate surface area is 126 Å². The molecule has 2 rings (SSSR count). The van der Waals surface area contributed by atoms with Crippen LogP contribution >= 0.6 is 0 Å². The Morgan fingerprint density at radius 3 is 2.62 bits per heavy atom. The molecule has 1 aromatic rings. The molecular formula is C16H25NO4. The van der Waals surface area contributed by atoms with Crippen LogP contribution in [0.15, 0.2) is 18.2 Å². The van der Waals surface area contributed by atoms with Gasteiger partial charge in [-0.2, -0.15) is 0 Å². The molecule has 0 amide bonds. The van der Waals surface area contributed by atoms with Crippen LogP contribution in [0.3, 0.4) is 0 Å². The van der Waals surface area contributed by atoms with Crippen LogP contribution in [0.1, 0.15) is 18.9 Å². The summed E-state index contributed by atoms with van der Waals surface area (Å²) in [5, 5.41) is 0. The number of ether oxygens (including phenoxy) is 4. The highest BCUT2D eigenvalue weighted by molar-refractivity contribution is 5.43. The highest BCUT2D eigenvalue weighted by Crippen LogP contribution is 2.34. The Hall–Kier alpha value is -1.30. The summed E-state index contributed by atoms with van der Waals surface area (Å²) in [5.41, 5.74) is 7.21. The number of methoxy groups -OCH3 is 2. The molecule has 1 saturated carbocycles. The number of nitrogens with two attached hydrogens (primary N) is 1. The van der Waals surface area contributed by atoms with Gasteiger partial charge < -0.3 is 24.7 Å². The lowest BCUT2D eigenvalue weighted by molar-refractivity contribution is -0.107. The second kappa shape index (κ2) is 7.64. The molecule has 2 N–H and O–H groups in total. The third-order valence-electron chi connectivity index (χ3n) is 3.81. The number of benzene rings is 1. The number of rotatable bonds is 8. The lowest BCUT2D eigenvalue weighted by Crippen LogP contribution is -2.59. The second-order valence-corrected chi connectivity index (χ2v) is 5.22. The van der Waals surface area contributed by atoms with Crippen molar-refractivity contribution < 1.29 is 18.9 Å². The molecule has 1 aliphatic rings. The second-order valence-electron chi connectivity index (χ2n) is 5.22. The van der Waals surface area contributed by atoms with E-state index in [9.17, 15) is 0 Å². The lowest BCUT2D eigenvalue weighted by atomic mass is 9.86. The zero-order valence-corrected chi connectivity index (χ0v) is 13.0. The predicted molar refractivity (Wildman–Crippen MR) is 81.0 cm³/mol. The van der Waals surface area contributed by atoms with E-state index >= 15 is 0 Å². The van der Waals surface area contributed by atoms with E-state index in [2.05, 4.69) is 13.0 Å². The first-order chi connectivity index (χ1) is 10.2. The lowest BCUT2D eigenvalue weighted by Gasteiger charge is -2.41. The summed E-state index contributed by atoms with van der Waals surface area (Å²) in [6.45, 7) is 3.20. The van der Waals surface area contributed by atoms with Gasteiger partial charge in [0.05, 0.1) is 20.3 Å². The van der Waals surface area contributed by atoms with Crippen LogP contribution in [0.4, 0.5) is 0 Å². The normalized spacial score (nSPS) is 24.5. The first-order valence-electron chi connectivity index (χ1n) is 7.39. The van der Waals surface area contributed by atoms with Gasteiger partial charge in [-0.05, 0) is 24.1 Å². The summed E-state index contributed by atoms with van der Waals surface area (Å²) in [4.78, 5) is 0. The molecule has 1 aliphatic carbocycles. The molecule has 0 aliphatic heterocycles. The smallest absolute Gasteiger partial charge is 0.161 e. The van der Waals surface area contributed by atoms with Crippen molar-refractivity contribution in [1.29, 1.82) is 0 Å². The minimum atomic E-state index is -0.0873. The molecule has 5 nitrogen and oxygen atoms in total. The van der Waals surface area contributed by atoms with Gasteiger partial charge in [0.15, 0.2) is 11.5 Å². The fraction of sp³-hybridized carbons (Fsp3) is 0.625. The average molecular weight is 295 g/mol. The highest BCUT2D eigenvalue weighted by Gasteiger charge is 2.42. The van der Waals surface area contributed by atoms with E-state index in [0.717, 1.165) is 24.3 Å². The third kappa shape index (κ3) is 3.87. The van der Waals surface area contributed by atoms with Crippen molar-refractivity contribution in [2.45, 2.75) is 38.0 Å². The van der Waals surface area contributed by atoms with Gasteiger partial charge in [0.2, 0.25) is 0 Å². The maximum absolute atomic E-state index is 6.01. The van der Waals surface area contributed by atoms with Gasteiger partial charge >= 0.3 is 0 Å². The quantitative estimate of drug-likeness (QED) is 0.741. The van der Waals surface area contributed by atoms with E-state index in [0.29, 0.717) is 13.2 Å². The van der Waals surface area contributed by atoms with E-state index in [-0.39, 0.29) is 18.2 Å². The number of hydrogen-bond donors (Lipinski definition) is 1. The summed E-state index contributed by atoms with van der Waals surface area (Å²) in [6, 6.07) is 6.03. The molecule has 1 aromatic carbocycles. The molecule has 21 heavy (non-hydrogen) atoms. The Morgan fingerprint density at radius 2 is 2.00 bits per heavy atom. The summed E-state index contributed by atoms with van der Waals surface area (Å²) in [6.07, 6.45) is 1.64. The van der Waals surface area contributed by atoms with E-state index in [1.54, 1.807) is 14.2 Å². The van der Waals surface area contributed by atoms with E-state index in [1.165, 1.54) is 5.56 Å². The van der Waals surface area contributed by atoms with Gasteiger partial charge in [-0.1, -0.05) is 13.0 Å². The van der Waals surface area contributed by atoms with Crippen molar-refractivity contribution in [3.05, 3.63) is 23.8 Å². The van der Waals surface area contributed by atoms with E-state index in [4.69, 9.17) is 24.7 Å². The Bertz CT molecular complexity index is 452. The molecule has 0 heterocycles. The summed E-state index contributed by atoms with van der Waals surface area (Å²) >= 11 is 0. The van der Waals surface area contributed by atoms with Crippen LogP contribution in [0.25, 0.3) is 0 Å². The molecule has 0 spiro atoms. The minimum absolute atomic E-state index is 0.0211. The molecule has 118 valence electrons. The molecule has 3 unspecified atom stereocenters. The number of aryl methyl sites for hydroxylation is 1. The fourth-order valence-corrected chi connectivity index (χ4v) is 2.42. The largest absolute Gasteiger partial charge is 0.493 e. The molecule has 3 atom stereocenters. The van der Waals surface area contributed by atoms with Gasteiger partial charge in [0.1, 0.15) is 12.2 Å². The predicted octanol–water partition coefficient (Wildman–Crippen LogP) is 1.77. The fourth-order valence-electron chi connectivity index (χ4n) is 2.42. The van der Waals surface area contributed by atoms with Gasteiger partial charge in [0.25, 0.3) is 0 Å². The van der Waals surface area contributed by atoms with Crippen molar-refractivity contribution in [2.24, 2.45) is 5.73 Å². The van der Waals surface area contributed by atoms with Crippen molar-refractivity contribution in [3.8, 4) is 11.5 Å². The molecule has 0 aromatic heterocycles.